The first-order valence-corrected chi connectivity index (χ1v) is 11.7. The lowest BCUT2D eigenvalue weighted by Crippen LogP contribution is -2.45. The molecule has 0 saturated heterocycles. The lowest BCUT2D eigenvalue weighted by molar-refractivity contribution is -0.829. The number of benzene rings is 1. The SMILES string of the molecule is CSc1nc(Cl)cc(SC2=NC(c3cc(C(F)(F)F)cc(C(F)(F)F)c3)=N[N+]2(C)C2C=C2N)n1. The van der Waals surface area contributed by atoms with Gasteiger partial charge in [-0.25, -0.2) is 9.97 Å². The number of likely N-dealkylation sites (N-methyl/N-ethyl adjacent to an activating group) is 1. The molecule has 0 fully saturated rings. The van der Waals surface area contributed by atoms with Gasteiger partial charge in [0.1, 0.15) is 17.2 Å². The molecule has 0 amide bonds. The Kier molecular flexibility index (Phi) is 6.15. The van der Waals surface area contributed by atoms with Gasteiger partial charge in [-0.2, -0.15) is 31.3 Å². The Morgan fingerprint density at radius 1 is 1.00 bits per heavy atom. The van der Waals surface area contributed by atoms with Crippen LogP contribution in [0.5, 0.6) is 0 Å². The van der Waals surface area contributed by atoms with E-state index < -0.39 is 35.1 Å². The van der Waals surface area contributed by atoms with Crippen LogP contribution < -0.4 is 5.73 Å². The summed E-state index contributed by atoms with van der Waals surface area (Å²) in [6, 6.07) is 2.25. The summed E-state index contributed by atoms with van der Waals surface area (Å²) >= 11 is 8.29. The molecule has 0 bridgehead atoms. The third-order valence-corrected chi connectivity index (χ3v) is 6.69. The summed E-state index contributed by atoms with van der Waals surface area (Å²) in [5.74, 6) is -0.292. The van der Waals surface area contributed by atoms with Gasteiger partial charge in [0, 0.05) is 29.5 Å². The summed E-state index contributed by atoms with van der Waals surface area (Å²) < 4.78 is 79.7. The molecule has 1 aliphatic heterocycles. The number of rotatable bonds is 4. The lowest BCUT2D eigenvalue weighted by atomic mass is 10.0. The van der Waals surface area contributed by atoms with E-state index in [0.29, 0.717) is 28.0 Å². The number of aliphatic imine (C=N–C) groups is 1. The van der Waals surface area contributed by atoms with Gasteiger partial charge in [0.25, 0.3) is 5.17 Å². The van der Waals surface area contributed by atoms with Crippen molar-refractivity contribution in [1.82, 2.24) is 9.97 Å². The van der Waals surface area contributed by atoms with E-state index in [0.717, 1.165) is 11.8 Å². The van der Waals surface area contributed by atoms with Gasteiger partial charge in [-0.3, -0.25) is 0 Å². The predicted molar refractivity (Wildman–Crippen MR) is 117 cm³/mol. The highest BCUT2D eigenvalue weighted by atomic mass is 35.5. The summed E-state index contributed by atoms with van der Waals surface area (Å²) in [5.41, 5.74) is 2.99. The van der Waals surface area contributed by atoms with Crippen LogP contribution in [0.15, 0.2) is 56.3 Å². The van der Waals surface area contributed by atoms with E-state index in [-0.39, 0.29) is 26.8 Å². The largest absolute Gasteiger partial charge is 0.416 e. The van der Waals surface area contributed by atoms with Crippen LogP contribution in [0.25, 0.3) is 0 Å². The van der Waals surface area contributed by atoms with Crippen LogP contribution in [0.1, 0.15) is 16.7 Å². The number of quaternary nitrogens is 1. The molecule has 15 heteroatoms. The van der Waals surface area contributed by atoms with Crippen molar-refractivity contribution in [3.05, 3.63) is 57.9 Å². The van der Waals surface area contributed by atoms with E-state index in [2.05, 4.69) is 20.1 Å². The van der Waals surface area contributed by atoms with Gasteiger partial charge in [0.05, 0.1) is 16.8 Å². The number of halogens is 7. The van der Waals surface area contributed by atoms with Crippen LogP contribution >= 0.6 is 35.1 Å². The average Bonchev–Trinajstić information content (AvgIpc) is 3.38. The molecular weight excluding hydrogens is 526 g/mol. The normalized spacial score (nSPS) is 22.4. The quantitative estimate of drug-likeness (QED) is 0.185. The molecule has 1 aliphatic carbocycles. The van der Waals surface area contributed by atoms with Gasteiger partial charge in [-0.1, -0.05) is 28.5 Å². The van der Waals surface area contributed by atoms with E-state index >= 15 is 0 Å². The Hall–Kier alpha value is -2.29. The summed E-state index contributed by atoms with van der Waals surface area (Å²) in [6.07, 6.45) is -6.59. The highest BCUT2D eigenvalue weighted by molar-refractivity contribution is 8.13. The molecule has 2 aliphatic rings. The summed E-state index contributed by atoms with van der Waals surface area (Å²) in [5, 5.41) is 5.53. The average molecular weight is 540 g/mol. The number of nitrogens with zero attached hydrogens (tertiary/aromatic N) is 5. The lowest BCUT2D eigenvalue weighted by Gasteiger charge is -2.23. The molecule has 180 valence electrons. The third-order valence-electron chi connectivity index (χ3n) is 4.89. The van der Waals surface area contributed by atoms with E-state index in [9.17, 15) is 26.3 Å². The van der Waals surface area contributed by atoms with Gasteiger partial charge in [0.15, 0.2) is 11.2 Å². The maximum Gasteiger partial charge on any atom is 0.416 e. The zero-order chi connectivity index (χ0) is 25.1. The van der Waals surface area contributed by atoms with Crippen molar-refractivity contribution in [3.8, 4) is 0 Å². The van der Waals surface area contributed by atoms with Crippen LogP contribution in [0.2, 0.25) is 5.15 Å². The standard InChI is InChI=1S/C19H14ClF6N6S2/c1-32(12-6-11(12)27)17(34-14-7-13(20)28-16(29-14)33-2)30-15(31-32)8-3-9(18(21,22)23)5-10(4-8)19(24,25)26/h3-7,12H,27H2,1-2H3/q+1. The molecular formula is C19H14ClF6N6S2+. The highest BCUT2D eigenvalue weighted by Gasteiger charge is 2.51. The predicted octanol–water partition coefficient (Wildman–Crippen LogP) is 5.38. The number of thioether (sulfide) groups is 2. The van der Waals surface area contributed by atoms with Crippen molar-refractivity contribution in [3.63, 3.8) is 0 Å². The Labute approximate surface area is 202 Å². The van der Waals surface area contributed by atoms with Crippen LogP contribution in [-0.2, 0) is 12.4 Å². The van der Waals surface area contributed by atoms with E-state index in [1.165, 1.54) is 17.8 Å². The molecule has 1 aromatic heterocycles. The smallest absolute Gasteiger partial charge is 0.397 e. The van der Waals surface area contributed by atoms with E-state index in [1.807, 2.05) is 0 Å². The van der Waals surface area contributed by atoms with Gasteiger partial charge in [0.2, 0.25) is 5.84 Å². The number of amidine groups is 2. The van der Waals surface area contributed by atoms with Gasteiger partial charge in [-0.05, 0) is 24.5 Å². The molecule has 2 aromatic rings. The van der Waals surface area contributed by atoms with Crippen molar-refractivity contribution in [2.75, 3.05) is 13.3 Å². The summed E-state index contributed by atoms with van der Waals surface area (Å²) in [7, 11) is 1.59. The maximum atomic E-state index is 13.3. The monoisotopic (exact) mass is 539 g/mol. The molecule has 2 N–H and O–H groups in total. The van der Waals surface area contributed by atoms with E-state index in [4.69, 9.17) is 17.3 Å². The molecule has 34 heavy (non-hydrogen) atoms. The molecule has 1 aromatic carbocycles. The molecule has 4 rings (SSSR count). The molecule has 0 saturated carbocycles. The van der Waals surface area contributed by atoms with Crippen LogP contribution in [0.3, 0.4) is 0 Å². The van der Waals surface area contributed by atoms with Crippen molar-refractivity contribution >= 4 is 46.1 Å². The summed E-state index contributed by atoms with van der Waals surface area (Å²) in [4.78, 5) is 12.7. The number of alkyl halides is 6. The Morgan fingerprint density at radius 3 is 2.09 bits per heavy atom. The fourth-order valence-electron chi connectivity index (χ4n) is 3.14. The van der Waals surface area contributed by atoms with Crippen molar-refractivity contribution in [2.24, 2.45) is 15.8 Å². The minimum absolute atomic E-state index is 0.0553. The first-order valence-electron chi connectivity index (χ1n) is 9.30. The van der Waals surface area contributed by atoms with E-state index in [1.54, 1.807) is 19.4 Å². The molecule has 2 atom stereocenters. The Morgan fingerprint density at radius 2 is 1.59 bits per heavy atom. The number of hydrogen-bond acceptors (Lipinski definition) is 7. The fourth-order valence-corrected chi connectivity index (χ4v) is 4.84. The Balaban J connectivity index is 1.80. The zero-order valence-corrected chi connectivity index (χ0v) is 19.6. The number of hydrogen-bond donors (Lipinski definition) is 1. The second-order valence-corrected chi connectivity index (χ2v) is 9.52. The second kappa shape index (κ2) is 8.43. The van der Waals surface area contributed by atoms with Gasteiger partial charge in [-0.15, -0.1) is 4.59 Å². The van der Waals surface area contributed by atoms with Gasteiger partial charge < -0.3 is 5.73 Å². The molecule has 2 unspecified atom stereocenters. The first kappa shape index (κ1) is 24.8. The first-order chi connectivity index (χ1) is 15.7. The highest BCUT2D eigenvalue weighted by Crippen LogP contribution is 2.41. The molecule has 6 nitrogen and oxygen atoms in total. The van der Waals surface area contributed by atoms with Crippen LogP contribution in [0, 0.1) is 0 Å². The van der Waals surface area contributed by atoms with Crippen molar-refractivity contribution < 1.29 is 30.9 Å². The maximum absolute atomic E-state index is 13.3. The second-order valence-electron chi connectivity index (χ2n) is 7.37. The molecule has 2 heterocycles. The minimum atomic E-state index is -5.00. The fraction of sp³-hybridized carbons (Fsp3) is 0.263. The van der Waals surface area contributed by atoms with Crippen molar-refractivity contribution in [2.45, 2.75) is 28.6 Å². The minimum Gasteiger partial charge on any atom is -0.397 e. The number of nitrogens with two attached hydrogens (primary N) is 1. The topological polar surface area (TPSA) is 76.5 Å². The van der Waals surface area contributed by atoms with Crippen LogP contribution in [-0.4, -0.2) is 44.9 Å². The third kappa shape index (κ3) is 4.90. The zero-order valence-electron chi connectivity index (χ0n) is 17.2. The summed E-state index contributed by atoms with van der Waals surface area (Å²) in [6.45, 7) is 0. The molecule has 0 spiro atoms. The Bertz CT molecular complexity index is 1230. The van der Waals surface area contributed by atoms with Crippen molar-refractivity contribution in [1.29, 1.82) is 0 Å². The number of aromatic nitrogens is 2. The molecule has 0 radical (unpaired) electrons. The van der Waals surface area contributed by atoms with Gasteiger partial charge >= 0.3 is 12.4 Å². The van der Waals surface area contributed by atoms with Crippen LogP contribution in [0.4, 0.5) is 26.3 Å².